The summed E-state index contributed by atoms with van der Waals surface area (Å²) in [7, 11) is 0. The minimum atomic E-state index is -4.55. The summed E-state index contributed by atoms with van der Waals surface area (Å²) in [5.74, 6) is -0.690. The molecule has 2 amide bonds. The molecule has 186 valence electrons. The zero-order valence-corrected chi connectivity index (χ0v) is 19.6. The molecular formula is C23H23F3N4O4S. The van der Waals surface area contributed by atoms with Crippen LogP contribution < -0.4 is 31.2 Å². The predicted molar refractivity (Wildman–Crippen MR) is 127 cm³/mol. The van der Waals surface area contributed by atoms with Gasteiger partial charge < -0.3 is 31.2 Å². The molecule has 1 aliphatic rings. The SMILES string of the molecule is CCOc1cc([C@H]2NC(=S)NC(C)=C2C(=O)Nc2cccc(C(F)(F)F)c2)ccc1OCC(N)=O. The number of rotatable bonds is 8. The lowest BCUT2D eigenvalue weighted by Crippen LogP contribution is -2.45. The second-order valence-corrected chi connectivity index (χ2v) is 7.91. The van der Waals surface area contributed by atoms with E-state index in [2.05, 4.69) is 16.0 Å². The van der Waals surface area contributed by atoms with Gasteiger partial charge in [0.15, 0.2) is 23.2 Å². The number of carbonyl (C=O) groups is 2. The summed E-state index contributed by atoms with van der Waals surface area (Å²) >= 11 is 5.25. The highest BCUT2D eigenvalue weighted by Gasteiger charge is 2.32. The lowest BCUT2D eigenvalue weighted by molar-refractivity contribution is -0.137. The van der Waals surface area contributed by atoms with Crippen molar-refractivity contribution in [3.8, 4) is 11.5 Å². The highest BCUT2D eigenvalue weighted by atomic mass is 32.1. The van der Waals surface area contributed by atoms with E-state index in [0.29, 0.717) is 23.6 Å². The molecule has 8 nitrogen and oxygen atoms in total. The number of amides is 2. The maximum atomic E-state index is 13.2. The molecule has 0 spiro atoms. The largest absolute Gasteiger partial charge is 0.490 e. The Balaban J connectivity index is 1.95. The number of benzene rings is 2. The quantitative estimate of drug-likeness (QED) is 0.404. The fraction of sp³-hybridized carbons (Fsp3) is 0.261. The molecule has 1 atom stereocenters. The van der Waals surface area contributed by atoms with E-state index in [1.54, 1.807) is 32.0 Å². The zero-order valence-electron chi connectivity index (χ0n) is 18.8. The molecule has 12 heteroatoms. The molecule has 0 bridgehead atoms. The first-order valence-corrected chi connectivity index (χ1v) is 10.8. The van der Waals surface area contributed by atoms with Gasteiger partial charge in [0, 0.05) is 11.4 Å². The maximum absolute atomic E-state index is 13.2. The van der Waals surface area contributed by atoms with Crippen LogP contribution in [0.25, 0.3) is 0 Å². The smallest absolute Gasteiger partial charge is 0.416 e. The molecule has 0 saturated heterocycles. The summed E-state index contributed by atoms with van der Waals surface area (Å²) in [6, 6.07) is 8.43. The molecule has 0 fully saturated rings. The van der Waals surface area contributed by atoms with Gasteiger partial charge in [0.1, 0.15) is 0 Å². The molecule has 2 aromatic carbocycles. The number of carbonyl (C=O) groups excluding carboxylic acids is 2. The number of nitrogens with one attached hydrogen (secondary N) is 3. The standard InChI is InChI=1S/C23H23F3N4O4S/c1-3-33-17-9-13(7-8-16(17)34-11-18(27)31)20-19(12(2)28-22(35)30-20)21(32)29-15-6-4-5-14(10-15)23(24,25)26/h4-10,20H,3,11H2,1-2H3,(H2,27,31)(H,29,32)(H2,28,30,35)/t20-/m1/s1. The highest BCUT2D eigenvalue weighted by Crippen LogP contribution is 2.35. The van der Waals surface area contributed by atoms with Crippen LogP contribution in [0.2, 0.25) is 0 Å². The van der Waals surface area contributed by atoms with Crippen LogP contribution >= 0.6 is 12.2 Å². The number of alkyl halides is 3. The van der Waals surface area contributed by atoms with Gasteiger partial charge in [-0.25, -0.2) is 0 Å². The third kappa shape index (κ3) is 6.41. The maximum Gasteiger partial charge on any atom is 0.416 e. The lowest BCUT2D eigenvalue weighted by Gasteiger charge is -2.30. The van der Waals surface area contributed by atoms with Crippen LogP contribution in [0.3, 0.4) is 0 Å². The summed E-state index contributed by atoms with van der Waals surface area (Å²) in [4.78, 5) is 24.3. The first-order chi connectivity index (χ1) is 16.5. The van der Waals surface area contributed by atoms with Gasteiger partial charge in [0.25, 0.3) is 11.8 Å². The Morgan fingerprint density at radius 1 is 1.14 bits per heavy atom. The zero-order chi connectivity index (χ0) is 25.8. The normalized spacial score (nSPS) is 15.7. The summed E-state index contributed by atoms with van der Waals surface area (Å²) in [5, 5.41) is 8.66. The van der Waals surface area contributed by atoms with E-state index in [-0.39, 0.29) is 28.7 Å². The third-order valence-electron chi connectivity index (χ3n) is 4.93. The van der Waals surface area contributed by atoms with Crippen LogP contribution in [-0.4, -0.2) is 30.1 Å². The van der Waals surface area contributed by atoms with E-state index in [1.165, 1.54) is 12.1 Å². The van der Waals surface area contributed by atoms with Gasteiger partial charge >= 0.3 is 6.18 Å². The van der Waals surface area contributed by atoms with Crippen molar-refractivity contribution in [2.24, 2.45) is 5.73 Å². The Morgan fingerprint density at radius 3 is 2.54 bits per heavy atom. The molecular weight excluding hydrogens is 485 g/mol. The molecule has 1 heterocycles. The minimum Gasteiger partial charge on any atom is -0.490 e. The van der Waals surface area contributed by atoms with Gasteiger partial charge in [0.2, 0.25) is 0 Å². The average molecular weight is 509 g/mol. The summed E-state index contributed by atoms with van der Waals surface area (Å²) in [6.45, 7) is 3.35. The van der Waals surface area contributed by atoms with Crippen LogP contribution in [0.15, 0.2) is 53.7 Å². The van der Waals surface area contributed by atoms with E-state index < -0.39 is 29.6 Å². The number of halogens is 3. The number of hydrogen-bond donors (Lipinski definition) is 4. The van der Waals surface area contributed by atoms with Crippen molar-refractivity contribution in [2.45, 2.75) is 26.1 Å². The van der Waals surface area contributed by atoms with Crippen molar-refractivity contribution in [1.82, 2.24) is 10.6 Å². The third-order valence-corrected chi connectivity index (χ3v) is 5.15. The van der Waals surface area contributed by atoms with Crippen molar-refractivity contribution in [1.29, 1.82) is 0 Å². The molecule has 2 aromatic rings. The van der Waals surface area contributed by atoms with Crippen LogP contribution in [-0.2, 0) is 15.8 Å². The summed E-state index contributed by atoms with van der Waals surface area (Å²) in [5.41, 5.74) is 5.45. The number of nitrogens with two attached hydrogens (primary N) is 1. The molecule has 35 heavy (non-hydrogen) atoms. The second-order valence-electron chi connectivity index (χ2n) is 7.50. The number of ether oxygens (including phenoxy) is 2. The molecule has 0 aromatic heterocycles. The number of primary amides is 1. The monoisotopic (exact) mass is 508 g/mol. The molecule has 0 aliphatic carbocycles. The molecule has 0 saturated carbocycles. The first-order valence-electron chi connectivity index (χ1n) is 10.4. The van der Waals surface area contributed by atoms with Gasteiger partial charge in [0.05, 0.1) is 23.8 Å². The van der Waals surface area contributed by atoms with E-state index in [1.807, 2.05) is 0 Å². The van der Waals surface area contributed by atoms with Crippen molar-refractivity contribution in [3.05, 3.63) is 64.9 Å². The molecule has 5 N–H and O–H groups in total. The Morgan fingerprint density at radius 2 is 1.89 bits per heavy atom. The first kappa shape index (κ1) is 25.8. The van der Waals surface area contributed by atoms with Gasteiger partial charge in [-0.3, -0.25) is 9.59 Å². The summed E-state index contributed by atoms with van der Waals surface area (Å²) in [6.07, 6.45) is -4.55. The summed E-state index contributed by atoms with van der Waals surface area (Å²) < 4.78 is 50.2. The van der Waals surface area contributed by atoms with E-state index in [9.17, 15) is 22.8 Å². The van der Waals surface area contributed by atoms with Crippen molar-refractivity contribution in [2.75, 3.05) is 18.5 Å². The Kier molecular flexibility index (Phi) is 7.85. The van der Waals surface area contributed by atoms with Crippen molar-refractivity contribution >= 4 is 34.8 Å². The van der Waals surface area contributed by atoms with Crippen molar-refractivity contribution < 1.29 is 32.2 Å². The van der Waals surface area contributed by atoms with Gasteiger partial charge in [-0.1, -0.05) is 12.1 Å². The van der Waals surface area contributed by atoms with Gasteiger partial charge in [-0.2, -0.15) is 13.2 Å². The van der Waals surface area contributed by atoms with Crippen LogP contribution in [0.1, 0.15) is 31.0 Å². The fourth-order valence-corrected chi connectivity index (χ4v) is 3.73. The molecule has 3 rings (SSSR count). The number of anilines is 1. The average Bonchev–Trinajstić information content (AvgIpc) is 2.77. The number of hydrogen-bond acceptors (Lipinski definition) is 5. The predicted octanol–water partition coefficient (Wildman–Crippen LogP) is 3.40. The minimum absolute atomic E-state index is 0.0118. The lowest BCUT2D eigenvalue weighted by atomic mass is 9.94. The Labute approximate surface area is 204 Å². The van der Waals surface area contributed by atoms with E-state index in [4.69, 9.17) is 27.4 Å². The second kappa shape index (κ2) is 10.6. The molecule has 1 aliphatic heterocycles. The highest BCUT2D eigenvalue weighted by molar-refractivity contribution is 7.80. The van der Waals surface area contributed by atoms with Crippen LogP contribution in [0.5, 0.6) is 11.5 Å². The molecule has 0 unspecified atom stereocenters. The fourth-order valence-electron chi connectivity index (χ4n) is 3.46. The Bertz CT molecular complexity index is 1180. The van der Waals surface area contributed by atoms with Gasteiger partial charge in [-0.15, -0.1) is 0 Å². The Hall–Kier alpha value is -3.80. The topological polar surface area (TPSA) is 115 Å². The van der Waals surface area contributed by atoms with Gasteiger partial charge in [-0.05, 0) is 62.0 Å². The van der Waals surface area contributed by atoms with Crippen LogP contribution in [0, 0.1) is 0 Å². The van der Waals surface area contributed by atoms with Crippen LogP contribution in [0.4, 0.5) is 18.9 Å². The van der Waals surface area contributed by atoms with E-state index in [0.717, 1.165) is 12.1 Å². The number of allylic oxidation sites excluding steroid dienone is 1. The molecule has 0 radical (unpaired) electrons. The van der Waals surface area contributed by atoms with E-state index >= 15 is 0 Å². The van der Waals surface area contributed by atoms with Crippen molar-refractivity contribution in [3.63, 3.8) is 0 Å². The number of thiocarbonyl (C=S) groups is 1.